The molecule has 1 aromatic rings. The Morgan fingerprint density at radius 3 is 2.93 bits per heavy atom. The number of carbonyl (C=O) groups excluding carboxylic acids is 1. The van der Waals surface area contributed by atoms with Crippen molar-refractivity contribution in [2.24, 2.45) is 0 Å². The number of aromatic nitrogens is 1. The van der Waals surface area contributed by atoms with E-state index in [2.05, 4.69) is 27.8 Å². The molecule has 4 nitrogen and oxygen atoms in total. The molecule has 0 radical (unpaired) electrons. The lowest BCUT2D eigenvalue weighted by Crippen LogP contribution is -2.46. The van der Waals surface area contributed by atoms with Gasteiger partial charge in [-0.15, -0.1) is 0 Å². The fraction of sp³-hybridized carbons (Fsp3) is 0.400. The topological polar surface area (TPSA) is 36.4 Å². The SMILES string of the molecule is O=C1CN(I)CCN1Cc1ccccn1. The number of hydrogen-bond donors (Lipinski definition) is 0. The molecule has 0 unspecified atom stereocenters. The Balaban J connectivity index is 1.98. The Morgan fingerprint density at radius 1 is 1.40 bits per heavy atom. The maximum absolute atomic E-state index is 11.7. The third kappa shape index (κ3) is 2.88. The summed E-state index contributed by atoms with van der Waals surface area (Å²) >= 11 is 2.18. The number of amides is 1. The molecule has 1 amide bonds. The number of nitrogens with zero attached hydrogens (tertiary/aromatic N) is 3. The Hall–Kier alpha value is -0.690. The number of halogens is 1. The van der Waals surface area contributed by atoms with Crippen LogP contribution in [0, 0.1) is 0 Å². The van der Waals surface area contributed by atoms with Crippen molar-refractivity contribution in [1.29, 1.82) is 0 Å². The predicted octanol–water partition coefficient (Wildman–Crippen LogP) is 1.08. The summed E-state index contributed by atoms with van der Waals surface area (Å²) < 4.78 is 2.01. The summed E-state index contributed by atoms with van der Waals surface area (Å²) in [4.78, 5) is 17.7. The zero-order chi connectivity index (χ0) is 10.7. The van der Waals surface area contributed by atoms with Crippen LogP contribution < -0.4 is 0 Å². The standard InChI is InChI=1S/C10H12IN3O/c11-14-6-5-13(10(15)8-14)7-9-3-1-2-4-12-9/h1-4H,5-8H2. The summed E-state index contributed by atoms with van der Waals surface area (Å²) in [6.07, 6.45) is 1.76. The summed E-state index contributed by atoms with van der Waals surface area (Å²) in [6.45, 7) is 2.86. The van der Waals surface area contributed by atoms with Gasteiger partial charge in [-0.05, 0) is 12.1 Å². The Morgan fingerprint density at radius 2 is 2.27 bits per heavy atom. The van der Waals surface area contributed by atoms with E-state index in [1.165, 1.54) is 0 Å². The molecule has 1 saturated heterocycles. The zero-order valence-electron chi connectivity index (χ0n) is 8.27. The summed E-state index contributed by atoms with van der Waals surface area (Å²) in [5.41, 5.74) is 0.952. The zero-order valence-corrected chi connectivity index (χ0v) is 10.4. The van der Waals surface area contributed by atoms with Gasteiger partial charge in [0.25, 0.3) is 0 Å². The van der Waals surface area contributed by atoms with Gasteiger partial charge in [0.05, 0.1) is 18.8 Å². The minimum Gasteiger partial charge on any atom is -0.334 e. The summed E-state index contributed by atoms with van der Waals surface area (Å²) in [5, 5.41) is 0. The van der Waals surface area contributed by atoms with Crippen LogP contribution in [0.15, 0.2) is 24.4 Å². The van der Waals surface area contributed by atoms with Crippen molar-refractivity contribution in [3.63, 3.8) is 0 Å². The smallest absolute Gasteiger partial charge is 0.237 e. The molecular weight excluding hydrogens is 305 g/mol. The first-order valence-electron chi connectivity index (χ1n) is 4.84. The molecule has 0 aliphatic carbocycles. The molecule has 0 saturated carbocycles. The van der Waals surface area contributed by atoms with Gasteiger partial charge in [0.15, 0.2) is 0 Å². The van der Waals surface area contributed by atoms with E-state index >= 15 is 0 Å². The highest BCUT2D eigenvalue weighted by molar-refractivity contribution is 14.1. The van der Waals surface area contributed by atoms with Crippen LogP contribution in [0.5, 0.6) is 0 Å². The maximum Gasteiger partial charge on any atom is 0.237 e. The number of pyridine rings is 1. The molecule has 2 rings (SSSR count). The molecular formula is C10H12IN3O. The number of carbonyl (C=O) groups is 1. The lowest BCUT2D eigenvalue weighted by molar-refractivity contribution is -0.134. The summed E-state index contributed by atoms with van der Waals surface area (Å²) in [7, 11) is 0. The lowest BCUT2D eigenvalue weighted by Gasteiger charge is -2.30. The number of piperazine rings is 1. The monoisotopic (exact) mass is 317 g/mol. The molecule has 1 aromatic heterocycles. The molecule has 5 heteroatoms. The van der Waals surface area contributed by atoms with E-state index in [1.807, 2.05) is 26.2 Å². The van der Waals surface area contributed by atoms with Crippen LogP contribution >= 0.6 is 22.9 Å². The van der Waals surface area contributed by atoms with Gasteiger partial charge in [0, 0.05) is 42.2 Å². The average molecular weight is 317 g/mol. The van der Waals surface area contributed by atoms with Gasteiger partial charge in [-0.2, -0.15) is 0 Å². The molecule has 0 N–H and O–H groups in total. The second-order valence-electron chi connectivity index (χ2n) is 3.48. The minimum absolute atomic E-state index is 0.182. The normalized spacial score (nSPS) is 18.2. The van der Waals surface area contributed by atoms with Crippen LogP contribution in [0.25, 0.3) is 0 Å². The van der Waals surface area contributed by atoms with Gasteiger partial charge < -0.3 is 4.90 Å². The molecule has 0 atom stereocenters. The first-order valence-corrected chi connectivity index (χ1v) is 5.80. The fourth-order valence-electron chi connectivity index (χ4n) is 1.53. The van der Waals surface area contributed by atoms with Crippen LogP contribution in [0.1, 0.15) is 5.69 Å². The lowest BCUT2D eigenvalue weighted by atomic mass is 10.3. The second kappa shape index (κ2) is 4.89. The van der Waals surface area contributed by atoms with Crippen molar-refractivity contribution in [3.05, 3.63) is 30.1 Å². The first kappa shape index (κ1) is 10.8. The van der Waals surface area contributed by atoms with Gasteiger partial charge in [0.2, 0.25) is 5.91 Å². The van der Waals surface area contributed by atoms with Crippen LogP contribution in [-0.4, -0.2) is 38.5 Å². The highest BCUT2D eigenvalue weighted by Gasteiger charge is 2.22. The van der Waals surface area contributed by atoms with Gasteiger partial charge in [-0.25, -0.2) is 3.11 Å². The highest BCUT2D eigenvalue weighted by atomic mass is 127. The Labute approximate surface area is 103 Å². The molecule has 1 aliphatic rings. The predicted molar refractivity (Wildman–Crippen MR) is 65.2 cm³/mol. The van der Waals surface area contributed by atoms with Gasteiger partial charge >= 0.3 is 0 Å². The fourth-order valence-corrected chi connectivity index (χ4v) is 2.04. The van der Waals surface area contributed by atoms with Crippen molar-refractivity contribution in [2.75, 3.05) is 19.6 Å². The number of hydrogen-bond acceptors (Lipinski definition) is 3. The van der Waals surface area contributed by atoms with Gasteiger partial charge in [0.1, 0.15) is 0 Å². The first-order chi connectivity index (χ1) is 7.25. The largest absolute Gasteiger partial charge is 0.334 e. The van der Waals surface area contributed by atoms with Crippen LogP contribution in [0.2, 0.25) is 0 Å². The van der Waals surface area contributed by atoms with Gasteiger partial charge in [-0.3, -0.25) is 9.78 Å². The quantitative estimate of drug-likeness (QED) is 0.605. The third-order valence-electron chi connectivity index (χ3n) is 2.35. The van der Waals surface area contributed by atoms with Crippen molar-refractivity contribution < 1.29 is 4.79 Å². The molecule has 15 heavy (non-hydrogen) atoms. The van der Waals surface area contributed by atoms with E-state index in [0.29, 0.717) is 13.1 Å². The van der Waals surface area contributed by atoms with E-state index < -0.39 is 0 Å². The Kier molecular flexibility index (Phi) is 3.53. The van der Waals surface area contributed by atoms with E-state index in [9.17, 15) is 4.79 Å². The molecule has 1 aliphatic heterocycles. The second-order valence-corrected chi connectivity index (χ2v) is 4.85. The van der Waals surface area contributed by atoms with E-state index in [0.717, 1.165) is 18.8 Å². The van der Waals surface area contributed by atoms with Crippen molar-refractivity contribution >= 4 is 28.8 Å². The summed E-state index contributed by atoms with van der Waals surface area (Å²) in [5.74, 6) is 0.182. The molecule has 0 bridgehead atoms. The molecule has 80 valence electrons. The van der Waals surface area contributed by atoms with Crippen molar-refractivity contribution in [2.45, 2.75) is 6.54 Å². The average Bonchev–Trinajstić information content (AvgIpc) is 2.24. The van der Waals surface area contributed by atoms with Crippen LogP contribution in [0.3, 0.4) is 0 Å². The molecule has 2 heterocycles. The van der Waals surface area contributed by atoms with E-state index in [-0.39, 0.29) is 5.91 Å². The molecule has 0 spiro atoms. The molecule has 1 fully saturated rings. The van der Waals surface area contributed by atoms with Crippen molar-refractivity contribution in [1.82, 2.24) is 13.0 Å². The van der Waals surface area contributed by atoms with Crippen LogP contribution in [0.4, 0.5) is 0 Å². The minimum atomic E-state index is 0.182. The van der Waals surface area contributed by atoms with Gasteiger partial charge in [-0.1, -0.05) is 6.07 Å². The van der Waals surface area contributed by atoms with Crippen molar-refractivity contribution in [3.8, 4) is 0 Å². The third-order valence-corrected chi connectivity index (χ3v) is 3.17. The highest BCUT2D eigenvalue weighted by Crippen LogP contribution is 2.10. The maximum atomic E-state index is 11.7. The molecule has 0 aromatic carbocycles. The Bertz CT molecular complexity index is 344. The van der Waals surface area contributed by atoms with E-state index in [1.54, 1.807) is 6.20 Å². The van der Waals surface area contributed by atoms with E-state index in [4.69, 9.17) is 0 Å². The van der Waals surface area contributed by atoms with Crippen LogP contribution in [-0.2, 0) is 11.3 Å². The summed E-state index contributed by atoms with van der Waals surface area (Å²) in [6, 6.07) is 5.78. The number of rotatable bonds is 2.